The van der Waals surface area contributed by atoms with Crippen molar-refractivity contribution in [3.63, 3.8) is 0 Å². The highest BCUT2D eigenvalue weighted by atomic mass is 32.2. The second-order valence-electron chi connectivity index (χ2n) is 6.85. The number of ether oxygens (including phenoxy) is 1. The molecule has 3 rings (SSSR count). The van der Waals surface area contributed by atoms with Crippen LogP contribution in [0.25, 0.3) is 0 Å². The molecule has 1 N–H and O–H groups in total. The molecule has 0 amide bonds. The van der Waals surface area contributed by atoms with Gasteiger partial charge in [-0.05, 0) is 45.1 Å². The number of hydrogen-bond acceptors (Lipinski definition) is 4. The summed E-state index contributed by atoms with van der Waals surface area (Å²) in [6, 6.07) is 0.546. The standard InChI is InChI=1S/C15H27NO3S/c1-2-19-14-9-13(15(14)6-3-4-7-15)16-10-12-5-8-20(17,18)11-12/h12-14,16H,2-11H2,1H3. The molecule has 5 heteroatoms. The minimum absolute atomic E-state index is 0.324. The van der Waals surface area contributed by atoms with Crippen molar-refractivity contribution in [2.75, 3.05) is 24.7 Å². The minimum atomic E-state index is -2.74. The Hall–Kier alpha value is -0.130. The fraction of sp³-hybridized carbons (Fsp3) is 1.00. The van der Waals surface area contributed by atoms with Gasteiger partial charge in [-0.2, -0.15) is 0 Å². The lowest BCUT2D eigenvalue weighted by Crippen LogP contribution is -2.63. The molecule has 3 fully saturated rings. The maximum atomic E-state index is 11.5. The van der Waals surface area contributed by atoms with Crippen LogP contribution in [0.5, 0.6) is 0 Å². The molecule has 0 bridgehead atoms. The molecule has 0 aromatic heterocycles. The van der Waals surface area contributed by atoms with E-state index in [1.54, 1.807) is 0 Å². The highest BCUT2D eigenvalue weighted by molar-refractivity contribution is 7.91. The summed E-state index contributed by atoms with van der Waals surface area (Å²) in [4.78, 5) is 0. The van der Waals surface area contributed by atoms with Crippen LogP contribution < -0.4 is 5.32 Å². The van der Waals surface area contributed by atoms with Gasteiger partial charge in [-0.25, -0.2) is 8.42 Å². The first-order valence-corrected chi connectivity index (χ1v) is 9.93. The fourth-order valence-corrected chi connectivity index (χ4v) is 6.38. The fourth-order valence-electron chi connectivity index (χ4n) is 4.51. The van der Waals surface area contributed by atoms with Crippen molar-refractivity contribution in [1.82, 2.24) is 5.32 Å². The molecular weight excluding hydrogens is 274 g/mol. The molecule has 1 aliphatic heterocycles. The molecule has 0 aromatic carbocycles. The van der Waals surface area contributed by atoms with Crippen LogP contribution in [-0.2, 0) is 14.6 Å². The van der Waals surface area contributed by atoms with E-state index in [0.29, 0.717) is 35.0 Å². The van der Waals surface area contributed by atoms with Gasteiger partial charge in [0.15, 0.2) is 9.84 Å². The summed E-state index contributed by atoms with van der Waals surface area (Å²) in [5.74, 6) is 1.09. The van der Waals surface area contributed by atoms with Crippen LogP contribution in [0.3, 0.4) is 0 Å². The molecule has 1 saturated heterocycles. The average molecular weight is 301 g/mol. The predicted octanol–water partition coefficient (Wildman–Crippen LogP) is 1.75. The lowest BCUT2D eigenvalue weighted by atomic mass is 9.60. The monoisotopic (exact) mass is 301 g/mol. The van der Waals surface area contributed by atoms with E-state index in [0.717, 1.165) is 26.0 Å². The van der Waals surface area contributed by atoms with E-state index in [2.05, 4.69) is 12.2 Å². The Labute approximate surface area is 122 Å². The van der Waals surface area contributed by atoms with Crippen LogP contribution in [0.2, 0.25) is 0 Å². The van der Waals surface area contributed by atoms with Crippen molar-refractivity contribution >= 4 is 9.84 Å². The molecule has 1 spiro atoms. The van der Waals surface area contributed by atoms with Gasteiger partial charge >= 0.3 is 0 Å². The molecule has 20 heavy (non-hydrogen) atoms. The number of nitrogens with one attached hydrogen (secondary N) is 1. The van der Waals surface area contributed by atoms with Gasteiger partial charge in [-0.3, -0.25) is 0 Å². The summed E-state index contributed by atoms with van der Waals surface area (Å²) in [5.41, 5.74) is 0.355. The molecule has 2 saturated carbocycles. The second-order valence-corrected chi connectivity index (χ2v) is 9.08. The van der Waals surface area contributed by atoms with Crippen molar-refractivity contribution in [3.05, 3.63) is 0 Å². The van der Waals surface area contributed by atoms with Gasteiger partial charge in [0.05, 0.1) is 17.6 Å². The van der Waals surface area contributed by atoms with Gasteiger partial charge in [-0.1, -0.05) is 12.8 Å². The highest BCUT2D eigenvalue weighted by Crippen LogP contribution is 2.54. The zero-order chi connectivity index (χ0) is 14.2. The third kappa shape index (κ3) is 2.64. The van der Waals surface area contributed by atoms with Gasteiger partial charge in [0, 0.05) is 18.1 Å². The molecule has 1 heterocycles. The van der Waals surface area contributed by atoms with E-state index in [4.69, 9.17) is 4.74 Å². The Morgan fingerprint density at radius 3 is 2.65 bits per heavy atom. The second kappa shape index (κ2) is 5.58. The molecule has 3 atom stereocenters. The van der Waals surface area contributed by atoms with Gasteiger partial charge < -0.3 is 10.1 Å². The molecule has 116 valence electrons. The largest absolute Gasteiger partial charge is 0.378 e. The first-order valence-electron chi connectivity index (χ1n) is 8.11. The van der Waals surface area contributed by atoms with Crippen LogP contribution in [0.1, 0.15) is 45.4 Å². The lowest BCUT2D eigenvalue weighted by Gasteiger charge is -2.54. The summed E-state index contributed by atoms with van der Waals surface area (Å²) in [7, 11) is -2.74. The van der Waals surface area contributed by atoms with Gasteiger partial charge in [0.25, 0.3) is 0 Å². The highest BCUT2D eigenvalue weighted by Gasteiger charge is 2.56. The molecule has 3 aliphatic rings. The van der Waals surface area contributed by atoms with Crippen molar-refractivity contribution in [3.8, 4) is 0 Å². The third-order valence-corrected chi connectivity index (χ3v) is 7.50. The third-order valence-electron chi connectivity index (χ3n) is 5.67. The Morgan fingerprint density at radius 2 is 2.05 bits per heavy atom. The van der Waals surface area contributed by atoms with Crippen LogP contribution >= 0.6 is 0 Å². The first-order chi connectivity index (χ1) is 9.56. The number of sulfone groups is 1. The Bertz CT molecular complexity index is 442. The van der Waals surface area contributed by atoms with E-state index in [1.165, 1.54) is 25.7 Å². The summed E-state index contributed by atoms with van der Waals surface area (Å²) in [5, 5.41) is 3.68. The molecule has 2 aliphatic carbocycles. The van der Waals surface area contributed by atoms with Crippen molar-refractivity contribution in [2.45, 2.75) is 57.6 Å². The van der Waals surface area contributed by atoms with Gasteiger partial charge in [-0.15, -0.1) is 0 Å². The normalized spacial score (nSPS) is 38.1. The summed E-state index contributed by atoms with van der Waals surface area (Å²) >= 11 is 0. The van der Waals surface area contributed by atoms with Crippen molar-refractivity contribution < 1.29 is 13.2 Å². The molecule has 3 unspecified atom stereocenters. The van der Waals surface area contributed by atoms with E-state index in [1.807, 2.05) is 0 Å². The van der Waals surface area contributed by atoms with E-state index >= 15 is 0 Å². The Kier molecular flexibility index (Phi) is 4.13. The van der Waals surface area contributed by atoms with Crippen molar-refractivity contribution in [1.29, 1.82) is 0 Å². The summed E-state index contributed by atoms with van der Waals surface area (Å²) < 4.78 is 28.9. The SMILES string of the molecule is CCOC1CC(NCC2CCS(=O)(=O)C2)C12CCCC2. The molecule has 4 nitrogen and oxygen atoms in total. The minimum Gasteiger partial charge on any atom is -0.378 e. The maximum absolute atomic E-state index is 11.5. The van der Waals surface area contributed by atoms with Crippen LogP contribution in [-0.4, -0.2) is 45.2 Å². The average Bonchev–Trinajstić information content (AvgIpc) is 3.01. The predicted molar refractivity (Wildman–Crippen MR) is 79.5 cm³/mol. The quantitative estimate of drug-likeness (QED) is 0.840. The first kappa shape index (κ1) is 14.8. The smallest absolute Gasteiger partial charge is 0.150 e. The number of rotatable bonds is 5. The molecule has 0 radical (unpaired) electrons. The zero-order valence-corrected chi connectivity index (χ0v) is 13.3. The Balaban J connectivity index is 1.53. The van der Waals surface area contributed by atoms with Gasteiger partial charge in [0.2, 0.25) is 0 Å². The lowest BCUT2D eigenvalue weighted by molar-refractivity contribution is -0.130. The topological polar surface area (TPSA) is 55.4 Å². The zero-order valence-electron chi connectivity index (χ0n) is 12.4. The van der Waals surface area contributed by atoms with Crippen LogP contribution in [0.15, 0.2) is 0 Å². The molecule has 0 aromatic rings. The molecular formula is C15H27NO3S. The van der Waals surface area contributed by atoms with Gasteiger partial charge in [0.1, 0.15) is 0 Å². The van der Waals surface area contributed by atoms with E-state index in [9.17, 15) is 8.42 Å². The Morgan fingerprint density at radius 1 is 1.30 bits per heavy atom. The van der Waals surface area contributed by atoms with Crippen LogP contribution in [0.4, 0.5) is 0 Å². The van der Waals surface area contributed by atoms with Crippen molar-refractivity contribution in [2.24, 2.45) is 11.3 Å². The summed E-state index contributed by atoms with van der Waals surface area (Å²) in [6.45, 7) is 3.75. The van der Waals surface area contributed by atoms with E-state index < -0.39 is 9.84 Å². The number of hydrogen-bond donors (Lipinski definition) is 1. The maximum Gasteiger partial charge on any atom is 0.150 e. The van der Waals surface area contributed by atoms with Crippen LogP contribution in [0, 0.1) is 11.3 Å². The van der Waals surface area contributed by atoms with E-state index in [-0.39, 0.29) is 0 Å². The summed E-state index contributed by atoms with van der Waals surface area (Å²) in [6.07, 6.45) is 7.56.